The van der Waals surface area contributed by atoms with Crippen LogP contribution in [-0.4, -0.2) is 49.7 Å². The molecule has 10 nitrogen and oxygen atoms in total. The molecular weight excluding hydrogens is 465 g/mol. The summed E-state index contributed by atoms with van der Waals surface area (Å²) in [4.78, 5) is 37.1. The van der Waals surface area contributed by atoms with Crippen LogP contribution in [0.15, 0.2) is 30.6 Å². The van der Waals surface area contributed by atoms with Gasteiger partial charge < -0.3 is 15.4 Å². The lowest BCUT2D eigenvalue weighted by atomic mass is 9.86. The van der Waals surface area contributed by atoms with E-state index in [9.17, 15) is 14.0 Å². The molecule has 0 unspecified atom stereocenters. The molecule has 1 aliphatic rings. The van der Waals surface area contributed by atoms with Crippen LogP contribution in [0.25, 0.3) is 11.5 Å². The summed E-state index contributed by atoms with van der Waals surface area (Å²) in [5.74, 6) is 0.586. The van der Waals surface area contributed by atoms with Crippen LogP contribution in [0, 0.1) is 18.7 Å². The first-order valence-electron chi connectivity index (χ1n) is 11.9. The van der Waals surface area contributed by atoms with Crippen molar-refractivity contribution in [1.82, 2.24) is 35.4 Å². The number of nitrogens with one attached hydrogen (secondary N) is 2. The van der Waals surface area contributed by atoms with Gasteiger partial charge in [-0.15, -0.1) is 5.10 Å². The Balaban J connectivity index is 1.38. The third kappa shape index (κ3) is 6.41. The first-order valence-corrected chi connectivity index (χ1v) is 11.9. The monoisotopic (exact) mass is 495 g/mol. The number of hydrogen-bond acceptors (Lipinski definition) is 7. The molecule has 0 bridgehead atoms. The topological polar surface area (TPSA) is 124 Å². The first kappa shape index (κ1) is 25.2. The Morgan fingerprint density at radius 2 is 1.94 bits per heavy atom. The van der Waals surface area contributed by atoms with Gasteiger partial charge in [0.2, 0.25) is 5.91 Å². The van der Waals surface area contributed by atoms with Gasteiger partial charge in [0.25, 0.3) is 5.91 Å². The van der Waals surface area contributed by atoms with Crippen molar-refractivity contribution in [3.8, 4) is 17.3 Å². The third-order valence-corrected chi connectivity index (χ3v) is 6.20. The lowest BCUT2D eigenvalue weighted by Gasteiger charge is -2.28. The number of methoxy groups -OCH3 is 1. The van der Waals surface area contributed by atoms with Crippen molar-refractivity contribution in [3.63, 3.8) is 0 Å². The predicted octanol–water partition coefficient (Wildman–Crippen LogP) is 2.82. The Morgan fingerprint density at radius 1 is 1.17 bits per heavy atom. The molecule has 0 aliphatic heterocycles. The van der Waals surface area contributed by atoms with E-state index in [1.54, 1.807) is 37.0 Å². The zero-order chi connectivity index (χ0) is 25.7. The Kier molecular flexibility index (Phi) is 7.87. The van der Waals surface area contributed by atoms with Gasteiger partial charge in [-0.25, -0.2) is 19.3 Å². The molecule has 0 atom stereocenters. The molecule has 1 aromatic carbocycles. The fourth-order valence-electron chi connectivity index (χ4n) is 4.43. The Hall–Kier alpha value is -3.89. The standard InChI is InChI=1S/C25H30FN7O3/c1-15-29-21(11-22(30-15)25(35)27-12-18-6-9-20(26)23(10-18)36-3)24-28-14-33(32-24)13-17-4-7-19(8-5-17)31-16(2)34/h6,9-11,14,17,19H,4-5,7-8,12-13H2,1-3H3,(H,27,35)(H,31,34). The molecule has 2 N–H and O–H groups in total. The average molecular weight is 496 g/mol. The Bertz CT molecular complexity index is 1240. The minimum absolute atomic E-state index is 0.0169. The second kappa shape index (κ2) is 11.2. The van der Waals surface area contributed by atoms with Gasteiger partial charge in [0.05, 0.1) is 7.11 Å². The van der Waals surface area contributed by atoms with Crippen molar-refractivity contribution in [2.45, 2.75) is 58.7 Å². The average Bonchev–Trinajstić information content (AvgIpc) is 3.32. The molecular formula is C25H30FN7O3. The highest BCUT2D eigenvalue weighted by Gasteiger charge is 2.22. The van der Waals surface area contributed by atoms with E-state index in [0.29, 0.717) is 28.8 Å². The summed E-state index contributed by atoms with van der Waals surface area (Å²) in [6.07, 6.45) is 5.61. The van der Waals surface area contributed by atoms with E-state index >= 15 is 0 Å². The lowest BCUT2D eigenvalue weighted by Crippen LogP contribution is -2.36. The van der Waals surface area contributed by atoms with E-state index < -0.39 is 5.82 Å². The van der Waals surface area contributed by atoms with Gasteiger partial charge in [0.1, 0.15) is 23.5 Å². The van der Waals surface area contributed by atoms with Crippen LogP contribution in [-0.2, 0) is 17.9 Å². The SMILES string of the molecule is COc1cc(CNC(=O)c2cc(-c3ncn(CC4CCC(NC(C)=O)CC4)n3)nc(C)n2)ccc1F. The molecule has 2 aromatic heterocycles. The number of carbonyl (C=O) groups excluding carboxylic acids is 2. The van der Waals surface area contributed by atoms with Crippen LogP contribution in [0.1, 0.15) is 54.5 Å². The van der Waals surface area contributed by atoms with Gasteiger partial charge in [-0.05, 0) is 62.3 Å². The van der Waals surface area contributed by atoms with E-state index in [4.69, 9.17) is 4.74 Å². The highest BCUT2D eigenvalue weighted by molar-refractivity contribution is 5.93. The molecule has 36 heavy (non-hydrogen) atoms. The summed E-state index contributed by atoms with van der Waals surface area (Å²) in [7, 11) is 1.39. The van der Waals surface area contributed by atoms with Crippen LogP contribution in [0.5, 0.6) is 5.75 Å². The number of amides is 2. The molecule has 4 rings (SSSR count). The summed E-state index contributed by atoms with van der Waals surface area (Å²) in [5, 5.41) is 10.4. The van der Waals surface area contributed by atoms with Crippen molar-refractivity contribution in [2.75, 3.05) is 7.11 Å². The highest BCUT2D eigenvalue weighted by Crippen LogP contribution is 2.26. The Morgan fingerprint density at radius 3 is 2.67 bits per heavy atom. The summed E-state index contributed by atoms with van der Waals surface area (Å²) >= 11 is 0. The zero-order valence-corrected chi connectivity index (χ0v) is 20.6. The van der Waals surface area contributed by atoms with Gasteiger partial charge in [0.15, 0.2) is 17.4 Å². The van der Waals surface area contributed by atoms with Crippen molar-refractivity contribution in [3.05, 3.63) is 53.5 Å². The summed E-state index contributed by atoms with van der Waals surface area (Å²) in [6, 6.07) is 6.23. The maximum Gasteiger partial charge on any atom is 0.270 e. The van der Waals surface area contributed by atoms with E-state index in [-0.39, 0.29) is 35.8 Å². The largest absolute Gasteiger partial charge is 0.494 e. The minimum atomic E-state index is -0.465. The van der Waals surface area contributed by atoms with Crippen LogP contribution >= 0.6 is 0 Å². The number of benzene rings is 1. The van der Waals surface area contributed by atoms with Gasteiger partial charge in [0, 0.05) is 26.1 Å². The van der Waals surface area contributed by atoms with Crippen LogP contribution in [0.3, 0.4) is 0 Å². The van der Waals surface area contributed by atoms with Crippen molar-refractivity contribution < 1.29 is 18.7 Å². The molecule has 11 heteroatoms. The smallest absolute Gasteiger partial charge is 0.270 e. The number of rotatable bonds is 8. The molecule has 1 aliphatic carbocycles. The fraction of sp³-hybridized carbons (Fsp3) is 0.440. The second-order valence-corrected chi connectivity index (χ2v) is 9.05. The third-order valence-electron chi connectivity index (χ3n) is 6.20. The number of ether oxygens (including phenoxy) is 1. The van der Waals surface area contributed by atoms with Crippen molar-refractivity contribution >= 4 is 11.8 Å². The molecule has 0 radical (unpaired) electrons. The fourth-order valence-corrected chi connectivity index (χ4v) is 4.43. The lowest BCUT2D eigenvalue weighted by molar-refractivity contribution is -0.119. The van der Waals surface area contributed by atoms with E-state index in [0.717, 1.165) is 32.2 Å². The second-order valence-electron chi connectivity index (χ2n) is 9.05. The van der Waals surface area contributed by atoms with Crippen molar-refractivity contribution in [2.24, 2.45) is 5.92 Å². The van der Waals surface area contributed by atoms with Gasteiger partial charge in [-0.1, -0.05) is 6.07 Å². The molecule has 1 fully saturated rings. The van der Waals surface area contributed by atoms with Gasteiger partial charge in [-0.3, -0.25) is 14.3 Å². The number of hydrogen-bond donors (Lipinski definition) is 2. The predicted molar refractivity (Wildman–Crippen MR) is 129 cm³/mol. The molecule has 0 spiro atoms. The van der Waals surface area contributed by atoms with E-state index in [1.165, 1.54) is 19.2 Å². The maximum atomic E-state index is 13.6. The molecule has 3 aromatic rings. The minimum Gasteiger partial charge on any atom is -0.494 e. The molecule has 0 saturated heterocycles. The first-order chi connectivity index (χ1) is 17.3. The number of carbonyl (C=O) groups is 2. The Labute approximate surface area is 208 Å². The normalized spacial score (nSPS) is 17.4. The summed E-state index contributed by atoms with van der Waals surface area (Å²) < 4.78 is 20.4. The molecule has 2 heterocycles. The number of nitrogens with zero attached hydrogens (tertiary/aromatic N) is 5. The maximum absolute atomic E-state index is 13.6. The number of aryl methyl sites for hydroxylation is 1. The van der Waals surface area contributed by atoms with Crippen LogP contribution in [0.2, 0.25) is 0 Å². The van der Waals surface area contributed by atoms with Crippen LogP contribution < -0.4 is 15.4 Å². The zero-order valence-electron chi connectivity index (χ0n) is 20.6. The summed E-state index contributed by atoms with van der Waals surface area (Å²) in [5.41, 5.74) is 1.35. The molecule has 190 valence electrons. The summed E-state index contributed by atoms with van der Waals surface area (Å²) in [6.45, 7) is 4.18. The highest BCUT2D eigenvalue weighted by atomic mass is 19.1. The van der Waals surface area contributed by atoms with E-state index in [2.05, 4.69) is 30.7 Å². The molecule has 2 amide bonds. The number of aromatic nitrogens is 5. The van der Waals surface area contributed by atoms with Gasteiger partial charge in [-0.2, -0.15) is 0 Å². The quantitative estimate of drug-likeness (QED) is 0.492. The van der Waals surface area contributed by atoms with Gasteiger partial charge >= 0.3 is 0 Å². The molecule has 1 saturated carbocycles. The van der Waals surface area contributed by atoms with Crippen LogP contribution in [0.4, 0.5) is 4.39 Å². The number of halogens is 1. The van der Waals surface area contributed by atoms with E-state index in [1.807, 2.05) is 0 Å². The van der Waals surface area contributed by atoms with Crippen molar-refractivity contribution in [1.29, 1.82) is 0 Å².